The zero-order valence-corrected chi connectivity index (χ0v) is 10.4. The number of hydrogen-bond acceptors (Lipinski definition) is 3. The first kappa shape index (κ1) is 13.3. The predicted molar refractivity (Wildman–Crippen MR) is 66.0 cm³/mol. The van der Waals surface area contributed by atoms with Gasteiger partial charge in [-0.05, 0) is 25.1 Å². The molecular formula is C12H13ClN2O2. The summed E-state index contributed by atoms with van der Waals surface area (Å²) in [5, 5.41) is 11.7. The van der Waals surface area contributed by atoms with Crippen molar-refractivity contribution in [2.45, 2.75) is 13.3 Å². The first-order valence-corrected chi connectivity index (χ1v) is 5.47. The maximum Gasteiger partial charge on any atom is 0.225 e. The van der Waals surface area contributed by atoms with E-state index in [1.54, 1.807) is 25.1 Å². The number of carbonyl (C=O) groups excluding carboxylic acids is 1. The number of nitriles is 1. The number of hydrogen-bond donors (Lipinski definition) is 1. The second kappa shape index (κ2) is 6.12. The molecule has 5 heteroatoms. The van der Waals surface area contributed by atoms with Crippen LogP contribution in [0.15, 0.2) is 18.2 Å². The first-order valence-electron chi connectivity index (χ1n) is 5.09. The molecule has 0 aliphatic heterocycles. The number of halogens is 1. The van der Waals surface area contributed by atoms with Crippen molar-refractivity contribution in [3.05, 3.63) is 23.2 Å². The van der Waals surface area contributed by atoms with Crippen LogP contribution in [0.25, 0.3) is 0 Å². The first-order chi connectivity index (χ1) is 8.06. The maximum atomic E-state index is 11.5. The standard InChI is InChI=1S/C12H13ClN2O2/c1-8(7-14)5-12(16)15-9-3-4-11(17-2)10(13)6-9/h3-4,6,8H,5H2,1-2H3,(H,15,16). The number of carbonyl (C=O) groups is 1. The summed E-state index contributed by atoms with van der Waals surface area (Å²) in [4.78, 5) is 11.5. The molecular weight excluding hydrogens is 240 g/mol. The van der Waals surface area contributed by atoms with Crippen molar-refractivity contribution in [1.29, 1.82) is 5.26 Å². The van der Waals surface area contributed by atoms with Crippen molar-refractivity contribution in [3.63, 3.8) is 0 Å². The van der Waals surface area contributed by atoms with Crippen LogP contribution in [0.1, 0.15) is 13.3 Å². The Hall–Kier alpha value is -1.73. The minimum Gasteiger partial charge on any atom is -0.495 e. The zero-order valence-electron chi connectivity index (χ0n) is 9.66. The van der Waals surface area contributed by atoms with E-state index >= 15 is 0 Å². The smallest absolute Gasteiger partial charge is 0.225 e. The lowest BCUT2D eigenvalue weighted by Gasteiger charge is -2.08. The van der Waals surface area contributed by atoms with Crippen molar-refractivity contribution in [3.8, 4) is 11.8 Å². The van der Waals surface area contributed by atoms with Crippen molar-refractivity contribution in [2.75, 3.05) is 12.4 Å². The van der Waals surface area contributed by atoms with E-state index in [0.717, 1.165) is 0 Å². The van der Waals surface area contributed by atoms with Crippen LogP contribution in [0.5, 0.6) is 5.75 Å². The Morgan fingerprint density at radius 1 is 1.65 bits per heavy atom. The SMILES string of the molecule is COc1ccc(NC(=O)CC(C)C#N)cc1Cl. The molecule has 0 aromatic heterocycles. The van der Waals surface area contributed by atoms with Crippen molar-refractivity contribution < 1.29 is 9.53 Å². The molecule has 1 amide bonds. The van der Waals surface area contributed by atoms with Gasteiger partial charge in [-0.1, -0.05) is 11.6 Å². The molecule has 1 unspecified atom stereocenters. The number of amides is 1. The van der Waals surface area contributed by atoms with E-state index in [0.29, 0.717) is 16.5 Å². The Kier molecular flexibility index (Phi) is 4.80. The lowest BCUT2D eigenvalue weighted by atomic mass is 10.1. The molecule has 0 saturated carbocycles. The van der Waals surface area contributed by atoms with Gasteiger partial charge in [0.15, 0.2) is 0 Å². The minimum absolute atomic E-state index is 0.167. The number of anilines is 1. The largest absolute Gasteiger partial charge is 0.495 e. The van der Waals surface area contributed by atoms with Gasteiger partial charge in [-0.3, -0.25) is 4.79 Å². The average molecular weight is 253 g/mol. The molecule has 0 aliphatic rings. The molecule has 90 valence electrons. The number of benzene rings is 1. The Balaban J connectivity index is 2.67. The zero-order chi connectivity index (χ0) is 12.8. The molecule has 0 fully saturated rings. The van der Waals surface area contributed by atoms with E-state index in [1.807, 2.05) is 6.07 Å². The summed E-state index contributed by atoms with van der Waals surface area (Å²) in [7, 11) is 1.52. The average Bonchev–Trinajstić information content (AvgIpc) is 2.29. The summed E-state index contributed by atoms with van der Waals surface area (Å²) < 4.78 is 5.00. The molecule has 1 aromatic carbocycles. The molecule has 0 spiro atoms. The van der Waals surface area contributed by atoms with Crippen LogP contribution in [0.4, 0.5) is 5.69 Å². The second-order valence-corrected chi connectivity index (χ2v) is 4.04. The van der Waals surface area contributed by atoms with Crippen LogP contribution in [-0.2, 0) is 4.79 Å². The van der Waals surface area contributed by atoms with Gasteiger partial charge in [0.2, 0.25) is 5.91 Å². The number of rotatable bonds is 4. The van der Waals surface area contributed by atoms with Gasteiger partial charge in [0.1, 0.15) is 5.75 Å². The highest BCUT2D eigenvalue weighted by molar-refractivity contribution is 6.32. The van der Waals surface area contributed by atoms with Crippen LogP contribution in [-0.4, -0.2) is 13.0 Å². The monoisotopic (exact) mass is 252 g/mol. The summed E-state index contributed by atoms with van der Waals surface area (Å²) in [5.41, 5.74) is 0.589. The third-order valence-corrected chi connectivity index (χ3v) is 2.44. The molecule has 1 rings (SSSR count). The summed E-state index contributed by atoms with van der Waals surface area (Å²) >= 11 is 5.92. The van der Waals surface area contributed by atoms with E-state index in [9.17, 15) is 4.79 Å². The summed E-state index contributed by atoms with van der Waals surface area (Å²) in [5.74, 6) is 0.0408. The molecule has 0 saturated heterocycles. The highest BCUT2D eigenvalue weighted by Gasteiger charge is 2.09. The second-order valence-electron chi connectivity index (χ2n) is 3.63. The van der Waals surface area contributed by atoms with Crippen LogP contribution >= 0.6 is 11.6 Å². The van der Waals surface area contributed by atoms with Crippen molar-refractivity contribution in [2.24, 2.45) is 5.92 Å². The van der Waals surface area contributed by atoms with Gasteiger partial charge in [-0.2, -0.15) is 5.26 Å². The van der Waals surface area contributed by atoms with Gasteiger partial charge in [0.25, 0.3) is 0 Å². The fourth-order valence-corrected chi connectivity index (χ4v) is 1.54. The molecule has 1 N–H and O–H groups in total. The van der Waals surface area contributed by atoms with E-state index in [1.165, 1.54) is 7.11 Å². The highest BCUT2D eigenvalue weighted by Crippen LogP contribution is 2.27. The molecule has 4 nitrogen and oxygen atoms in total. The minimum atomic E-state index is -0.302. The van der Waals surface area contributed by atoms with E-state index < -0.39 is 0 Å². The van der Waals surface area contributed by atoms with E-state index in [4.69, 9.17) is 21.6 Å². The number of methoxy groups -OCH3 is 1. The molecule has 1 aromatic rings. The highest BCUT2D eigenvalue weighted by atomic mass is 35.5. The quantitative estimate of drug-likeness (QED) is 0.896. The van der Waals surface area contributed by atoms with Crippen molar-refractivity contribution in [1.82, 2.24) is 0 Å². The van der Waals surface area contributed by atoms with Crippen LogP contribution < -0.4 is 10.1 Å². The van der Waals surface area contributed by atoms with Gasteiger partial charge in [0, 0.05) is 12.1 Å². The Bertz CT molecular complexity index is 454. The Labute approximate surface area is 105 Å². The van der Waals surface area contributed by atoms with E-state index in [2.05, 4.69) is 5.32 Å². The predicted octanol–water partition coefficient (Wildman–Crippen LogP) is 2.84. The lowest BCUT2D eigenvalue weighted by Crippen LogP contribution is -2.14. The topological polar surface area (TPSA) is 62.1 Å². The van der Waals surface area contributed by atoms with Crippen LogP contribution in [0.2, 0.25) is 5.02 Å². The lowest BCUT2D eigenvalue weighted by molar-refractivity contribution is -0.116. The third-order valence-electron chi connectivity index (χ3n) is 2.15. The molecule has 0 bridgehead atoms. The fourth-order valence-electron chi connectivity index (χ4n) is 1.28. The maximum absolute atomic E-state index is 11.5. The molecule has 1 atom stereocenters. The van der Waals surface area contributed by atoms with Gasteiger partial charge in [0.05, 0.1) is 24.1 Å². The van der Waals surface area contributed by atoms with Gasteiger partial charge < -0.3 is 10.1 Å². The number of nitrogens with one attached hydrogen (secondary N) is 1. The van der Waals surface area contributed by atoms with Gasteiger partial charge >= 0.3 is 0 Å². The summed E-state index contributed by atoms with van der Waals surface area (Å²) in [6.07, 6.45) is 0.167. The fraction of sp³-hybridized carbons (Fsp3) is 0.333. The third kappa shape index (κ3) is 3.97. The Morgan fingerprint density at radius 3 is 2.88 bits per heavy atom. The van der Waals surface area contributed by atoms with Gasteiger partial charge in [-0.15, -0.1) is 0 Å². The normalized spacial score (nSPS) is 11.4. The Morgan fingerprint density at radius 2 is 2.35 bits per heavy atom. The summed E-state index contributed by atoms with van der Waals surface area (Å²) in [6.45, 7) is 1.70. The van der Waals surface area contributed by atoms with Crippen molar-refractivity contribution >= 4 is 23.2 Å². The number of ether oxygens (including phenoxy) is 1. The van der Waals surface area contributed by atoms with Gasteiger partial charge in [-0.25, -0.2) is 0 Å². The molecule has 0 heterocycles. The molecule has 0 radical (unpaired) electrons. The summed E-state index contributed by atoms with van der Waals surface area (Å²) in [6, 6.07) is 6.98. The number of nitrogens with zero attached hydrogens (tertiary/aromatic N) is 1. The van der Waals surface area contributed by atoms with Crippen LogP contribution in [0, 0.1) is 17.2 Å². The van der Waals surface area contributed by atoms with Crippen LogP contribution in [0.3, 0.4) is 0 Å². The molecule has 0 aliphatic carbocycles. The van der Waals surface area contributed by atoms with E-state index in [-0.39, 0.29) is 18.2 Å². The molecule has 17 heavy (non-hydrogen) atoms.